The molecule has 0 radical (unpaired) electrons. The number of hydrogen-bond acceptors (Lipinski definition) is 6. The number of carbonyl (C=O) groups excluding carboxylic acids is 2. The molecule has 2 N–H and O–H groups in total. The molecule has 1 heterocycles. The minimum absolute atomic E-state index is 0.304. The number of aromatic nitrogens is 2. The number of esters is 1. The lowest BCUT2D eigenvalue weighted by molar-refractivity contribution is 0.0600. The zero-order chi connectivity index (χ0) is 19.2. The molecule has 1 aliphatic carbocycles. The standard InChI is InChI=1S/C20H24N4O3/c1-13-12-17(24-20(21-13)23-15-6-4-3-5-7-15)18(25)22-16-10-8-14(9-11-16)19(26)27-2/h8-12,15H,3-7H2,1-2H3,(H,22,25)(H,21,23,24). The Morgan fingerprint density at radius 2 is 1.78 bits per heavy atom. The Kier molecular flexibility index (Phi) is 6.01. The number of aryl methyl sites for hydroxylation is 1. The molecular weight excluding hydrogens is 344 g/mol. The van der Waals surface area contributed by atoms with Gasteiger partial charge in [-0.2, -0.15) is 0 Å². The van der Waals surface area contributed by atoms with E-state index in [0.29, 0.717) is 28.9 Å². The lowest BCUT2D eigenvalue weighted by atomic mass is 9.96. The molecule has 7 heteroatoms. The minimum Gasteiger partial charge on any atom is -0.465 e. The lowest BCUT2D eigenvalue weighted by Gasteiger charge is -2.23. The number of benzene rings is 1. The van der Waals surface area contributed by atoms with Crippen LogP contribution in [0.1, 0.15) is 58.6 Å². The van der Waals surface area contributed by atoms with Gasteiger partial charge < -0.3 is 15.4 Å². The fourth-order valence-electron chi connectivity index (χ4n) is 3.18. The maximum Gasteiger partial charge on any atom is 0.337 e. The molecule has 0 bridgehead atoms. The molecule has 1 saturated carbocycles. The number of nitrogens with one attached hydrogen (secondary N) is 2. The van der Waals surface area contributed by atoms with Crippen LogP contribution >= 0.6 is 0 Å². The van der Waals surface area contributed by atoms with Crippen molar-refractivity contribution in [1.82, 2.24) is 9.97 Å². The molecule has 0 spiro atoms. The van der Waals surface area contributed by atoms with Gasteiger partial charge in [0.1, 0.15) is 5.69 Å². The van der Waals surface area contributed by atoms with Crippen molar-refractivity contribution in [2.24, 2.45) is 0 Å². The van der Waals surface area contributed by atoms with Crippen molar-refractivity contribution in [3.63, 3.8) is 0 Å². The van der Waals surface area contributed by atoms with E-state index in [0.717, 1.165) is 18.5 Å². The van der Waals surface area contributed by atoms with Gasteiger partial charge in [-0.05, 0) is 50.1 Å². The second-order valence-electron chi connectivity index (χ2n) is 6.72. The van der Waals surface area contributed by atoms with Gasteiger partial charge in [0.15, 0.2) is 0 Å². The zero-order valence-corrected chi connectivity index (χ0v) is 15.6. The van der Waals surface area contributed by atoms with E-state index in [2.05, 4.69) is 25.3 Å². The molecule has 3 rings (SSSR count). The normalized spacial score (nSPS) is 14.4. The van der Waals surface area contributed by atoms with E-state index >= 15 is 0 Å². The third kappa shape index (κ3) is 5.03. The first-order valence-electron chi connectivity index (χ1n) is 9.17. The van der Waals surface area contributed by atoms with Crippen LogP contribution in [0, 0.1) is 6.92 Å². The van der Waals surface area contributed by atoms with Crippen molar-refractivity contribution in [3.05, 3.63) is 47.3 Å². The number of amides is 1. The van der Waals surface area contributed by atoms with Crippen LogP contribution in [0.4, 0.5) is 11.6 Å². The van der Waals surface area contributed by atoms with Crippen LogP contribution in [0.3, 0.4) is 0 Å². The minimum atomic E-state index is -0.419. The summed E-state index contributed by atoms with van der Waals surface area (Å²) in [6.45, 7) is 1.84. The molecule has 1 amide bonds. The molecule has 1 aromatic carbocycles. The van der Waals surface area contributed by atoms with Crippen molar-refractivity contribution < 1.29 is 14.3 Å². The molecule has 0 atom stereocenters. The Bertz CT molecular complexity index is 814. The highest BCUT2D eigenvalue weighted by atomic mass is 16.5. The van der Waals surface area contributed by atoms with Crippen LogP contribution in [0.2, 0.25) is 0 Å². The average molecular weight is 368 g/mol. The average Bonchev–Trinajstić information content (AvgIpc) is 2.68. The highest BCUT2D eigenvalue weighted by molar-refractivity contribution is 6.03. The van der Waals surface area contributed by atoms with Gasteiger partial charge in [0, 0.05) is 17.4 Å². The highest BCUT2D eigenvalue weighted by Gasteiger charge is 2.16. The van der Waals surface area contributed by atoms with Gasteiger partial charge in [0.2, 0.25) is 5.95 Å². The fourth-order valence-corrected chi connectivity index (χ4v) is 3.18. The largest absolute Gasteiger partial charge is 0.465 e. The smallest absolute Gasteiger partial charge is 0.337 e. The molecule has 7 nitrogen and oxygen atoms in total. The number of nitrogens with zero attached hydrogens (tertiary/aromatic N) is 2. The van der Waals surface area contributed by atoms with Crippen LogP contribution in [-0.4, -0.2) is 35.0 Å². The number of carbonyl (C=O) groups is 2. The summed E-state index contributed by atoms with van der Waals surface area (Å²) in [5.41, 5.74) is 2.03. The van der Waals surface area contributed by atoms with Gasteiger partial charge in [-0.15, -0.1) is 0 Å². The van der Waals surface area contributed by atoms with E-state index in [9.17, 15) is 9.59 Å². The predicted molar refractivity (Wildman–Crippen MR) is 103 cm³/mol. The summed E-state index contributed by atoms with van der Waals surface area (Å²) >= 11 is 0. The molecule has 27 heavy (non-hydrogen) atoms. The first-order valence-corrected chi connectivity index (χ1v) is 9.17. The van der Waals surface area contributed by atoms with E-state index in [1.54, 1.807) is 30.3 Å². The van der Waals surface area contributed by atoms with Crippen LogP contribution in [0.25, 0.3) is 0 Å². The predicted octanol–water partition coefficient (Wildman–Crippen LogP) is 3.57. The van der Waals surface area contributed by atoms with Crippen molar-refractivity contribution in [2.45, 2.75) is 45.1 Å². The van der Waals surface area contributed by atoms with Gasteiger partial charge in [-0.3, -0.25) is 4.79 Å². The second-order valence-corrected chi connectivity index (χ2v) is 6.72. The third-order valence-corrected chi connectivity index (χ3v) is 4.59. The van der Waals surface area contributed by atoms with Crippen molar-refractivity contribution in [1.29, 1.82) is 0 Å². The van der Waals surface area contributed by atoms with Gasteiger partial charge in [0.05, 0.1) is 12.7 Å². The Balaban J connectivity index is 1.69. The van der Waals surface area contributed by atoms with Crippen LogP contribution in [-0.2, 0) is 4.74 Å². The topological polar surface area (TPSA) is 93.2 Å². The number of rotatable bonds is 5. The van der Waals surface area contributed by atoms with E-state index in [1.165, 1.54) is 26.4 Å². The van der Waals surface area contributed by atoms with Crippen LogP contribution in [0.15, 0.2) is 30.3 Å². The van der Waals surface area contributed by atoms with E-state index in [1.807, 2.05) is 6.92 Å². The number of ether oxygens (including phenoxy) is 1. The first-order chi connectivity index (χ1) is 13.0. The maximum atomic E-state index is 12.6. The zero-order valence-electron chi connectivity index (χ0n) is 15.6. The molecule has 142 valence electrons. The summed E-state index contributed by atoms with van der Waals surface area (Å²) in [5.74, 6) is -0.246. The quantitative estimate of drug-likeness (QED) is 0.784. The molecule has 1 aliphatic rings. The molecule has 0 unspecified atom stereocenters. The summed E-state index contributed by atoms with van der Waals surface area (Å²) in [6.07, 6.45) is 5.89. The monoisotopic (exact) mass is 368 g/mol. The van der Waals surface area contributed by atoms with E-state index in [-0.39, 0.29) is 5.91 Å². The SMILES string of the molecule is COC(=O)c1ccc(NC(=O)c2cc(C)nc(NC3CCCCC3)n2)cc1. The molecule has 0 aliphatic heterocycles. The molecule has 1 fully saturated rings. The van der Waals surface area contributed by atoms with E-state index < -0.39 is 5.97 Å². The molecular formula is C20H24N4O3. The van der Waals surface area contributed by atoms with Crippen molar-refractivity contribution in [3.8, 4) is 0 Å². The second kappa shape index (κ2) is 8.62. The molecule has 2 aromatic rings. The Labute approximate surface area is 158 Å². The highest BCUT2D eigenvalue weighted by Crippen LogP contribution is 2.20. The fraction of sp³-hybridized carbons (Fsp3) is 0.400. The van der Waals surface area contributed by atoms with Crippen molar-refractivity contribution in [2.75, 3.05) is 17.7 Å². The third-order valence-electron chi connectivity index (χ3n) is 4.59. The summed E-state index contributed by atoms with van der Waals surface area (Å²) in [7, 11) is 1.33. The summed E-state index contributed by atoms with van der Waals surface area (Å²) in [4.78, 5) is 32.8. The Hall–Kier alpha value is -2.96. The number of anilines is 2. The van der Waals surface area contributed by atoms with Gasteiger partial charge in [-0.1, -0.05) is 19.3 Å². The summed E-state index contributed by atoms with van der Waals surface area (Å²) in [6, 6.07) is 8.52. The summed E-state index contributed by atoms with van der Waals surface area (Å²) < 4.78 is 4.67. The van der Waals surface area contributed by atoms with Gasteiger partial charge in [-0.25, -0.2) is 14.8 Å². The number of methoxy groups -OCH3 is 1. The van der Waals surface area contributed by atoms with Crippen LogP contribution < -0.4 is 10.6 Å². The summed E-state index contributed by atoms with van der Waals surface area (Å²) in [5, 5.41) is 6.14. The first kappa shape index (κ1) is 18.8. The maximum absolute atomic E-state index is 12.6. The van der Waals surface area contributed by atoms with E-state index in [4.69, 9.17) is 0 Å². The number of hydrogen-bond donors (Lipinski definition) is 2. The molecule has 1 aromatic heterocycles. The lowest BCUT2D eigenvalue weighted by Crippen LogP contribution is -2.24. The Morgan fingerprint density at radius 3 is 2.44 bits per heavy atom. The molecule has 0 saturated heterocycles. The van der Waals surface area contributed by atoms with Crippen LogP contribution in [0.5, 0.6) is 0 Å². The van der Waals surface area contributed by atoms with Gasteiger partial charge >= 0.3 is 5.97 Å². The Morgan fingerprint density at radius 1 is 1.07 bits per heavy atom. The van der Waals surface area contributed by atoms with Crippen molar-refractivity contribution >= 4 is 23.5 Å². The van der Waals surface area contributed by atoms with Gasteiger partial charge in [0.25, 0.3) is 5.91 Å².